The van der Waals surface area contributed by atoms with Crippen LogP contribution in [0.25, 0.3) is 11.1 Å². The number of hydrogen-bond acceptors (Lipinski definition) is 2. The third-order valence-corrected chi connectivity index (χ3v) is 3.90. The van der Waals surface area contributed by atoms with E-state index in [0.29, 0.717) is 17.3 Å². The highest BCUT2D eigenvalue weighted by molar-refractivity contribution is 6.32. The normalized spacial score (nSPS) is 12.8. The third-order valence-electron chi connectivity index (χ3n) is 3.19. The van der Waals surface area contributed by atoms with Gasteiger partial charge in [0.2, 0.25) is 0 Å². The van der Waals surface area contributed by atoms with Crippen molar-refractivity contribution in [2.45, 2.75) is 18.7 Å². The van der Waals surface area contributed by atoms with Crippen molar-refractivity contribution >= 4 is 34.3 Å². The van der Waals surface area contributed by atoms with Gasteiger partial charge in [0, 0.05) is 11.4 Å². The molecule has 3 aromatic rings. The molecule has 0 aliphatic carbocycles. The van der Waals surface area contributed by atoms with Gasteiger partial charge in [-0.3, -0.25) is 0 Å². The fourth-order valence-corrected chi connectivity index (χ4v) is 2.90. The summed E-state index contributed by atoms with van der Waals surface area (Å²) in [4.78, 5) is 4.43. The SMILES string of the molecule is Cc1ccc(C(Cl)Cc2nc3ccccc3o2)c(Cl)c1. The zero-order valence-corrected chi connectivity index (χ0v) is 12.4. The quantitative estimate of drug-likeness (QED) is 0.613. The standard InChI is InChI=1S/C16H13Cl2NO/c1-10-6-7-11(12(17)8-10)13(18)9-16-19-14-4-2-3-5-15(14)20-16/h2-8,13H,9H2,1H3. The van der Waals surface area contributed by atoms with Crippen LogP contribution in [0.5, 0.6) is 0 Å². The molecular formula is C16H13Cl2NO. The number of rotatable bonds is 3. The van der Waals surface area contributed by atoms with Crippen LogP contribution in [0, 0.1) is 6.92 Å². The molecule has 1 heterocycles. The smallest absolute Gasteiger partial charge is 0.197 e. The lowest BCUT2D eigenvalue weighted by atomic mass is 10.1. The molecule has 0 aliphatic heterocycles. The molecule has 4 heteroatoms. The average molecular weight is 306 g/mol. The molecule has 20 heavy (non-hydrogen) atoms. The number of oxazole rings is 1. The molecule has 1 unspecified atom stereocenters. The Bertz CT molecular complexity index is 718. The highest BCUT2D eigenvalue weighted by Gasteiger charge is 2.16. The van der Waals surface area contributed by atoms with Gasteiger partial charge in [0.1, 0.15) is 5.52 Å². The van der Waals surface area contributed by atoms with Crippen LogP contribution < -0.4 is 0 Å². The fourth-order valence-electron chi connectivity index (χ4n) is 2.16. The number of hydrogen-bond donors (Lipinski definition) is 0. The van der Waals surface area contributed by atoms with E-state index in [9.17, 15) is 0 Å². The van der Waals surface area contributed by atoms with Crippen molar-refractivity contribution in [2.24, 2.45) is 0 Å². The number of benzene rings is 2. The van der Waals surface area contributed by atoms with Crippen molar-refractivity contribution in [1.29, 1.82) is 0 Å². The van der Waals surface area contributed by atoms with Gasteiger partial charge in [-0.05, 0) is 36.2 Å². The second kappa shape index (κ2) is 5.47. The molecule has 3 rings (SSSR count). The first-order chi connectivity index (χ1) is 9.63. The molecule has 0 bridgehead atoms. The Hall–Kier alpha value is -1.51. The van der Waals surface area contributed by atoms with Gasteiger partial charge < -0.3 is 4.42 Å². The van der Waals surface area contributed by atoms with Crippen LogP contribution in [-0.4, -0.2) is 4.98 Å². The summed E-state index contributed by atoms with van der Waals surface area (Å²) in [5.74, 6) is 0.628. The van der Waals surface area contributed by atoms with Crippen LogP contribution in [-0.2, 0) is 6.42 Å². The van der Waals surface area contributed by atoms with Crippen molar-refractivity contribution in [3.05, 3.63) is 64.5 Å². The predicted molar refractivity (Wildman–Crippen MR) is 82.5 cm³/mol. The number of aromatic nitrogens is 1. The first-order valence-corrected chi connectivity index (χ1v) is 7.19. The minimum atomic E-state index is -0.254. The largest absolute Gasteiger partial charge is 0.441 e. The summed E-state index contributed by atoms with van der Waals surface area (Å²) in [5.41, 5.74) is 3.65. The fraction of sp³-hybridized carbons (Fsp3) is 0.188. The number of halogens is 2. The van der Waals surface area contributed by atoms with Crippen molar-refractivity contribution in [1.82, 2.24) is 4.98 Å². The van der Waals surface area contributed by atoms with Crippen LogP contribution >= 0.6 is 23.2 Å². The Kier molecular flexibility index (Phi) is 3.68. The van der Waals surface area contributed by atoms with Crippen LogP contribution in [0.1, 0.15) is 22.4 Å². The van der Waals surface area contributed by atoms with Gasteiger partial charge in [0.05, 0.1) is 5.38 Å². The summed E-state index contributed by atoms with van der Waals surface area (Å²) in [7, 11) is 0. The number of alkyl halides is 1. The van der Waals surface area contributed by atoms with E-state index >= 15 is 0 Å². The van der Waals surface area contributed by atoms with Crippen molar-refractivity contribution < 1.29 is 4.42 Å². The number of para-hydroxylation sites is 2. The molecule has 0 aliphatic rings. The van der Waals surface area contributed by atoms with E-state index in [0.717, 1.165) is 22.2 Å². The monoisotopic (exact) mass is 305 g/mol. The van der Waals surface area contributed by atoms with Gasteiger partial charge >= 0.3 is 0 Å². The van der Waals surface area contributed by atoms with Gasteiger partial charge in [-0.25, -0.2) is 4.98 Å². The van der Waals surface area contributed by atoms with Crippen molar-refractivity contribution in [2.75, 3.05) is 0 Å². The molecule has 102 valence electrons. The van der Waals surface area contributed by atoms with E-state index in [1.165, 1.54) is 0 Å². The lowest BCUT2D eigenvalue weighted by molar-refractivity contribution is 0.525. The molecule has 0 fully saturated rings. The molecule has 1 atom stereocenters. The van der Waals surface area contributed by atoms with Crippen LogP contribution in [0.2, 0.25) is 5.02 Å². The maximum absolute atomic E-state index is 6.44. The van der Waals surface area contributed by atoms with Crippen LogP contribution in [0.4, 0.5) is 0 Å². The molecule has 0 radical (unpaired) electrons. The Morgan fingerprint density at radius 1 is 1.20 bits per heavy atom. The summed E-state index contributed by atoms with van der Waals surface area (Å²) in [6, 6.07) is 13.5. The average Bonchev–Trinajstić information content (AvgIpc) is 2.80. The molecule has 0 saturated heterocycles. The zero-order valence-electron chi connectivity index (χ0n) is 10.9. The summed E-state index contributed by atoms with van der Waals surface area (Å²) in [6.07, 6.45) is 0.513. The second-order valence-electron chi connectivity index (χ2n) is 4.77. The Morgan fingerprint density at radius 2 is 2.00 bits per heavy atom. The van der Waals surface area contributed by atoms with E-state index in [-0.39, 0.29) is 5.38 Å². The summed E-state index contributed by atoms with van der Waals surface area (Å²) < 4.78 is 5.69. The molecule has 0 saturated carbocycles. The van der Waals surface area contributed by atoms with Gasteiger partial charge in [-0.1, -0.05) is 35.9 Å². The van der Waals surface area contributed by atoms with Gasteiger partial charge in [0.15, 0.2) is 11.5 Å². The summed E-state index contributed by atoms with van der Waals surface area (Å²) in [5, 5.41) is 0.428. The molecule has 2 aromatic carbocycles. The van der Waals surface area contributed by atoms with Crippen LogP contribution in [0.15, 0.2) is 46.9 Å². The minimum Gasteiger partial charge on any atom is -0.441 e. The highest BCUT2D eigenvalue weighted by atomic mass is 35.5. The zero-order chi connectivity index (χ0) is 14.1. The molecule has 0 spiro atoms. The molecule has 2 nitrogen and oxygen atoms in total. The minimum absolute atomic E-state index is 0.254. The Labute approximate surface area is 127 Å². The van der Waals surface area contributed by atoms with Crippen LogP contribution in [0.3, 0.4) is 0 Å². The van der Waals surface area contributed by atoms with Gasteiger partial charge in [0.25, 0.3) is 0 Å². The Balaban J connectivity index is 1.86. The van der Waals surface area contributed by atoms with E-state index in [1.807, 2.05) is 49.4 Å². The lowest BCUT2D eigenvalue weighted by Gasteiger charge is -2.10. The van der Waals surface area contributed by atoms with E-state index in [2.05, 4.69) is 4.98 Å². The number of aryl methyl sites for hydroxylation is 1. The summed E-state index contributed by atoms with van der Waals surface area (Å²) >= 11 is 12.7. The van der Waals surface area contributed by atoms with E-state index in [4.69, 9.17) is 27.6 Å². The van der Waals surface area contributed by atoms with Crippen molar-refractivity contribution in [3.63, 3.8) is 0 Å². The number of fused-ring (bicyclic) bond motifs is 1. The second-order valence-corrected chi connectivity index (χ2v) is 5.71. The lowest BCUT2D eigenvalue weighted by Crippen LogP contribution is -1.97. The molecular weight excluding hydrogens is 293 g/mol. The summed E-state index contributed by atoms with van der Waals surface area (Å²) in [6.45, 7) is 2.00. The maximum Gasteiger partial charge on any atom is 0.197 e. The highest BCUT2D eigenvalue weighted by Crippen LogP contribution is 2.31. The van der Waals surface area contributed by atoms with Gasteiger partial charge in [-0.15, -0.1) is 11.6 Å². The number of nitrogens with zero attached hydrogens (tertiary/aromatic N) is 1. The topological polar surface area (TPSA) is 26.0 Å². The van der Waals surface area contributed by atoms with Crippen molar-refractivity contribution in [3.8, 4) is 0 Å². The molecule has 0 amide bonds. The third kappa shape index (κ3) is 2.67. The Morgan fingerprint density at radius 3 is 2.75 bits per heavy atom. The predicted octanol–water partition coefficient (Wildman–Crippen LogP) is 5.31. The van der Waals surface area contributed by atoms with E-state index in [1.54, 1.807) is 0 Å². The maximum atomic E-state index is 6.44. The first-order valence-electron chi connectivity index (χ1n) is 6.38. The van der Waals surface area contributed by atoms with E-state index < -0.39 is 0 Å². The first kappa shape index (κ1) is 13.5. The molecule has 1 aromatic heterocycles. The van der Waals surface area contributed by atoms with Gasteiger partial charge in [-0.2, -0.15) is 0 Å². The molecule has 0 N–H and O–H groups in total.